The van der Waals surface area contributed by atoms with Gasteiger partial charge in [0.25, 0.3) is 11.6 Å². The Labute approximate surface area is 192 Å². The van der Waals surface area contributed by atoms with E-state index < -0.39 is 10.9 Å². The smallest absolute Gasteiger partial charge is 0.343 e. The summed E-state index contributed by atoms with van der Waals surface area (Å²) in [5.74, 6) is -0.590. The standard InChI is InChI=1S/C23H14N2O5S2/c26-21-20(32-23(31)24(21)17-6-2-1-3-7-17)14-15-5-4-8-19(13-15)30-22(27)16-9-11-18(12-10-16)25(28)29/h1-14H/b20-14+. The number of nitro groups is 1. The normalized spacial score (nSPS) is 14.6. The second-order valence-corrected chi connectivity index (χ2v) is 8.29. The summed E-state index contributed by atoms with van der Waals surface area (Å²) in [6, 6.07) is 21.0. The Morgan fingerprint density at radius 2 is 1.75 bits per heavy atom. The first-order valence-electron chi connectivity index (χ1n) is 9.32. The second-order valence-electron chi connectivity index (χ2n) is 6.62. The van der Waals surface area contributed by atoms with Crippen molar-refractivity contribution in [3.63, 3.8) is 0 Å². The third kappa shape index (κ3) is 4.58. The predicted molar refractivity (Wildman–Crippen MR) is 127 cm³/mol. The van der Waals surface area contributed by atoms with Crippen molar-refractivity contribution in [2.75, 3.05) is 4.90 Å². The van der Waals surface area contributed by atoms with Gasteiger partial charge in [0, 0.05) is 12.1 Å². The number of carbonyl (C=O) groups excluding carboxylic acids is 2. The maximum atomic E-state index is 12.9. The molecule has 0 aliphatic carbocycles. The van der Waals surface area contributed by atoms with E-state index >= 15 is 0 Å². The fraction of sp³-hybridized carbons (Fsp3) is 0. The van der Waals surface area contributed by atoms with Gasteiger partial charge in [-0.25, -0.2) is 4.79 Å². The van der Waals surface area contributed by atoms with Crippen LogP contribution in [0.5, 0.6) is 5.75 Å². The van der Waals surface area contributed by atoms with E-state index in [-0.39, 0.29) is 22.9 Å². The van der Waals surface area contributed by atoms with E-state index in [0.717, 1.165) is 0 Å². The molecule has 158 valence electrons. The number of hydrogen-bond acceptors (Lipinski definition) is 7. The van der Waals surface area contributed by atoms with Crippen LogP contribution in [0.3, 0.4) is 0 Å². The highest BCUT2D eigenvalue weighted by molar-refractivity contribution is 8.27. The Balaban J connectivity index is 1.51. The van der Waals surface area contributed by atoms with Crippen LogP contribution in [0.1, 0.15) is 15.9 Å². The second kappa shape index (κ2) is 9.13. The van der Waals surface area contributed by atoms with Crippen LogP contribution in [-0.2, 0) is 4.79 Å². The number of non-ortho nitro benzene ring substituents is 1. The maximum absolute atomic E-state index is 12.9. The molecule has 1 heterocycles. The van der Waals surface area contributed by atoms with E-state index in [4.69, 9.17) is 17.0 Å². The van der Waals surface area contributed by atoms with Crippen molar-refractivity contribution in [2.45, 2.75) is 0 Å². The number of rotatable bonds is 5. The molecule has 0 unspecified atom stereocenters. The lowest BCUT2D eigenvalue weighted by Crippen LogP contribution is -2.27. The van der Waals surface area contributed by atoms with Crippen LogP contribution in [0, 0.1) is 10.1 Å². The molecular weight excluding hydrogens is 448 g/mol. The SMILES string of the molecule is O=C(Oc1cccc(/C=C2/SC(=S)N(c3ccccc3)C2=O)c1)c1ccc([N+](=O)[O-])cc1. The number of nitrogens with zero attached hydrogens (tertiary/aromatic N) is 2. The number of anilines is 1. The molecule has 0 aromatic heterocycles. The van der Waals surface area contributed by atoms with Crippen molar-refractivity contribution < 1.29 is 19.2 Å². The van der Waals surface area contributed by atoms with Crippen LogP contribution in [0.4, 0.5) is 11.4 Å². The van der Waals surface area contributed by atoms with Crippen molar-refractivity contribution in [1.82, 2.24) is 0 Å². The van der Waals surface area contributed by atoms with Gasteiger partial charge in [0.15, 0.2) is 4.32 Å². The summed E-state index contributed by atoms with van der Waals surface area (Å²) in [4.78, 5) is 37.4. The Morgan fingerprint density at radius 3 is 2.44 bits per heavy atom. The molecule has 1 aliphatic rings. The summed E-state index contributed by atoms with van der Waals surface area (Å²) in [6.45, 7) is 0. The molecule has 0 N–H and O–H groups in total. The van der Waals surface area contributed by atoms with Crippen molar-refractivity contribution in [1.29, 1.82) is 0 Å². The van der Waals surface area contributed by atoms with Gasteiger partial charge in [-0.05, 0) is 48.0 Å². The highest BCUT2D eigenvalue weighted by Gasteiger charge is 2.33. The minimum Gasteiger partial charge on any atom is -0.423 e. The topological polar surface area (TPSA) is 89.8 Å². The fourth-order valence-corrected chi connectivity index (χ4v) is 4.27. The monoisotopic (exact) mass is 462 g/mol. The van der Waals surface area contributed by atoms with Crippen molar-refractivity contribution in [2.24, 2.45) is 0 Å². The Bertz CT molecular complexity index is 1260. The number of hydrogen-bond donors (Lipinski definition) is 0. The first kappa shape index (κ1) is 21.4. The highest BCUT2D eigenvalue weighted by Crippen LogP contribution is 2.36. The van der Waals surface area contributed by atoms with E-state index in [0.29, 0.717) is 20.5 Å². The van der Waals surface area contributed by atoms with Crippen molar-refractivity contribution in [3.8, 4) is 5.75 Å². The lowest BCUT2D eigenvalue weighted by atomic mass is 10.2. The highest BCUT2D eigenvalue weighted by atomic mass is 32.2. The average Bonchev–Trinajstić information content (AvgIpc) is 3.07. The number of ether oxygens (including phenoxy) is 1. The third-order valence-electron chi connectivity index (χ3n) is 4.49. The molecule has 0 radical (unpaired) electrons. The van der Waals surface area contributed by atoms with Gasteiger partial charge in [-0.2, -0.15) is 0 Å². The van der Waals surface area contributed by atoms with Gasteiger partial charge in [-0.1, -0.05) is 54.3 Å². The molecular formula is C23H14N2O5S2. The van der Waals surface area contributed by atoms with Gasteiger partial charge >= 0.3 is 5.97 Å². The van der Waals surface area contributed by atoms with Crippen LogP contribution in [0.15, 0.2) is 83.8 Å². The molecule has 3 aromatic rings. The average molecular weight is 463 g/mol. The number of thiocarbonyl (C=S) groups is 1. The Kier molecular flexibility index (Phi) is 6.11. The zero-order valence-corrected chi connectivity index (χ0v) is 18.0. The molecule has 0 atom stereocenters. The molecule has 0 bridgehead atoms. The first-order chi connectivity index (χ1) is 15.4. The summed E-state index contributed by atoms with van der Waals surface area (Å²) in [5.41, 5.74) is 1.43. The molecule has 4 rings (SSSR count). The molecule has 9 heteroatoms. The zero-order chi connectivity index (χ0) is 22.7. The molecule has 3 aromatic carbocycles. The third-order valence-corrected chi connectivity index (χ3v) is 5.79. The van der Waals surface area contributed by atoms with Crippen LogP contribution in [-0.4, -0.2) is 21.1 Å². The van der Waals surface area contributed by atoms with Gasteiger partial charge in [-0.3, -0.25) is 19.8 Å². The van der Waals surface area contributed by atoms with Crippen LogP contribution < -0.4 is 9.64 Å². The number of esters is 1. The molecule has 7 nitrogen and oxygen atoms in total. The van der Waals surface area contributed by atoms with Crippen LogP contribution in [0.25, 0.3) is 6.08 Å². The van der Waals surface area contributed by atoms with Gasteiger partial charge in [0.1, 0.15) is 5.75 Å². The summed E-state index contributed by atoms with van der Waals surface area (Å²) in [7, 11) is 0. The maximum Gasteiger partial charge on any atom is 0.343 e. The molecule has 0 saturated carbocycles. The van der Waals surface area contributed by atoms with E-state index in [9.17, 15) is 19.7 Å². The summed E-state index contributed by atoms with van der Waals surface area (Å²) in [6.07, 6.45) is 1.69. The number of amides is 1. The summed E-state index contributed by atoms with van der Waals surface area (Å²) in [5, 5.41) is 10.7. The number of thioether (sulfide) groups is 1. The largest absolute Gasteiger partial charge is 0.423 e. The van der Waals surface area contributed by atoms with E-state index in [1.807, 2.05) is 30.3 Å². The lowest BCUT2D eigenvalue weighted by molar-refractivity contribution is -0.384. The minimum atomic E-state index is -0.646. The predicted octanol–water partition coefficient (Wildman–Crippen LogP) is 5.22. The van der Waals surface area contributed by atoms with Crippen molar-refractivity contribution >= 4 is 57.6 Å². The molecule has 1 amide bonds. The van der Waals surface area contributed by atoms with Gasteiger partial charge in [0.05, 0.1) is 21.1 Å². The van der Waals surface area contributed by atoms with E-state index in [2.05, 4.69) is 0 Å². The number of carbonyl (C=O) groups is 2. The van der Waals surface area contributed by atoms with Gasteiger partial charge in [-0.15, -0.1) is 0 Å². The quantitative estimate of drug-likeness (QED) is 0.128. The molecule has 1 saturated heterocycles. The van der Waals surface area contributed by atoms with Gasteiger partial charge in [0.2, 0.25) is 0 Å². The van der Waals surface area contributed by atoms with Crippen molar-refractivity contribution in [3.05, 3.63) is 105 Å². The number of nitro benzene ring substituents is 1. The van der Waals surface area contributed by atoms with Gasteiger partial charge < -0.3 is 4.74 Å². The molecule has 1 fully saturated rings. The van der Waals surface area contributed by atoms with Crippen LogP contribution >= 0.6 is 24.0 Å². The van der Waals surface area contributed by atoms with Crippen LogP contribution in [0.2, 0.25) is 0 Å². The Hall–Kier alpha value is -3.82. The summed E-state index contributed by atoms with van der Waals surface area (Å²) >= 11 is 6.57. The summed E-state index contributed by atoms with van der Waals surface area (Å²) < 4.78 is 5.82. The van der Waals surface area contributed by atoms with E-state index in [1.165, 1.54) is 40.9 Å². The number of benzene rings is 3. The molecule has 0 spiro atoms. The fourth-order valence-electron chi connectivity index (χ4n) is 2.97. The molecule has 1 aliphatic heterocycles. The lowest BCUT2D eigenvalue weighted by Gasteiger charge is -2.13. The van der Waals surface area contributed by atoms with E-state index in [1.54, 1.807) is 30.3 Å². The Morgan fingerprint density at radius 1 is 1.03 bits per heavy atom. The zero-order valence-electron chi connectivity index (χ0n) is 16.3. The minimum absolute atomic E-state index is 0.114. The molecule has 32 heavy (non-hydrogen) atoms. The first-order valence-corrected chi connectivity index (χ1v) is 10.5. The number of para-hydroxylation sites is 1.